The second-order valence-corrected chi connectivity index (χ2v) is 4.42. The van der Waals surface area contributed by atoms with Gasteiger partial charge in [-0.2, -0.15) is 13.2 Å². The van der Waals surface area contributed by atoms with Crippen molar-refractivity contribution in [3.05, 3.63) is 24.3 Å². The fourth-order valence-electron chi connectivity index (χ4n) is 1.02. The molecule has 0 amide bonds. The zero-order valence-electron chi connectivity index (χ0n) is 8.99. The third-order valence-electron chi connectivity index (χ3n) is 1.91. The van der Waals surface area contributed by atoms with Gasteiger partial charge in [-0.05, 0) is 24.3 Å². The summed E-state index contributed by atoms with van der Waals surface area (Å²) in [7, 11) is 0.666. The minimum Gasteiger partial charge on any atom is -0.508 e. The van der Waals surface area contributed by atoms with Gasteiger partial charge in [-0.15, -0.1) is 0 Å². The number of aromatic hydroxyl groups is 1. The standard InChI is InChI=1S/C10H8F4O3S/c1-17-8(16)9(11,10(12,13)14)18-7-4-2-6(15)3-5-7/h2-5,15H,1H3. The normalized spacial score (nSPS) is 14.9. The minimum atomic E-state index is -5.41. The van der Waals surface area contributed by atoms with Gasteiger partial charge < -0.3 is 9.84 Å². The van der Waals surface area contributed by atoms with E-state index in [0.29, 0.717) is 7.11 Å². The number of hydrogen-bond acceptors (Lipinski definition) is 4. The predicted octanol–water partition coefficient (Wildman–Crippen LogP) is 2.89. The lowest BCUT2D eigenvalue weighted by Gasteiger charge is -2.24. The molecule has 0 spiro atoms. The Labute approximate surface area is 104 Å². The number of hydrogen-bond donors (Lipinski definition) is 1. The van der Waals surface area contributed by atoms with Crippen LogP contribution in [0.4, 0.5) is 17.6 Å². The summed E-state index contributed by atoms with van der Waals surface area (Å²) in [6.45, 7) is 0. The average molecular weight is 284 g/mol. The van der Waals surface area contributed by atoms with Gasteiger partial charge in [-0.3, -0.25) is 0 Å². The smallest absolute Gasteiger partial charge is 0.443 e. The SMILES string of the molecule is COC(=O)C(F)(Sc1ccc(O)cc1)C(F)(F)F. The minimum absolute atomic E-state index is 0.168. The van der Waals surface area contributed by atoms with Gasteiger partial charge in [0.2, 0.25) is 0 Å². The van der Waals surface area contributed by atoms with Crippen LogP contribution in [0.1, 0.15) is 0 Å². The molecule has 3 nitrogen and oxygen atoms in total. The van der Waals surface area contributed by atoms with Gasteiger partial charge in [-0.1, -0.05) is 11.8 Å². The Morgan fingerprint density at radius 3 is 2.11 bits per heavy atom. The number of phenols is 1. The molecule has 1 unspecified atom stereocenters. The van der Waals surface area contributed by atoms with E-state index in [1.807, 2.05) is 0 Å². The second kappa shape index (κ2) is 5.05. The number of phenolic OH excluding ortho intramolecular Hbond substituents is 1. The molecule has 0 aliphatic carbocycles. The first-order chi connectivity index (χ1) is 8.20. The van der Waals surface area contributed by atoms with Gasteiger partial charge in [0.05, 0.1) is 7.11 Å². The maximum Gasteiger partial charge on any atom is 0.443 e. The van der Waals surface area contributed by atoms with Crippen molar-refractivity contribution in [1.29, 1.82) is 0 Å². The summed E-state index contributed by atoms with van der Waals surface area (Å²) in [4.78, 5) is 10.8. The Kier molecular flexibility index (Phi) is 4.10. The molecule has 8 heteroatoms. The predicted molar refractivity (Wildman–Crippen MR) is 55.9 cm³/mol. The van der Waals surface area contributed by atoms with Gasteiger partial charge in [0.15, 0.2) is 0 Å². The van der Waals surface area contributed by atoms with Crippen molar-refractivity contribution in [2.24, 2.45) is 0 Å². The number of rotatable bonds is 3. The van der Waals surface area contributed by atoms with Crippen molar-refractivity contribution in [2.45, 2.75) is 16.1 Å². The Hall–Kier alpha value is -1.44. The molecule has 1 aromatic carbocycles. The van der Waals surface area contributed by atoms with Crippen LogP contribution in [-0.2, 0) is 9.53 Å². The first-order valence-electron chi connectivity index (χ1n) is 4.53. The molecule has 0 aliphatic heterocycles. The summed E-state index contributed by atoms with van der Waals surface area (Å²) < 4.78 is 55.3. The largest absolute Gasteiger partial charge is 0.508 e. The molecule has 0 aromatic heterocycles. The van der Waals surface area contributed by atoms with Crippen LogP contribution in [0.5, 0.6) is 5.75 Å². The molecule has 0 aliphatic rings. The molecule has 0 bridgehead atoms. The van der Waals surface area contributed by atoms with E-state index < -0.39 is 17.1 Å². The molecule has 0 saturated carbocycles. The first-order valence-corrected chi connectivity index (χ1v) is 5.34. The second-order valence-electron chi connectivity index (χ2n) is 3.18. The van der Waals surface area contributed by atoms with Crippen LogP contribution in [-0.4, -0.2) is 29.4 Å². The van der Waals surface area contributed by atoms with Gasteiger partial charge >= 0.3 is 17.1 Å². The quantitative estimate of drug-likeness (QED) is 0.526. The fraction of sp³-hybridized carbons (Fsp3) is 0.300. The van der Waals surface area contributed by atoms with Crippen LogP contribution in [0, 0.1) is 0 Å². The lowest BCUT2D eigenvalue weighted by Crippen LogP contribution is -2.45. The number of alkyl halides is 4. The topological polar surface area (TPSA) is 46.5 Å². The van der Waals surface area contributed by atoms with Crippen molar-refractivity contribution in [2.75, 3.05) is 7.11 Å². The summed E-state index contributed by atoms with van der Waals surface area (Å²) in [6.07, 6.45) is -5.41. The third kappa shape index (κ3) is 2.87. The van der Waals surface area contributed by atoms with Crippen LogP contribution in [0.3, 0.4) is 0 Å². The van der Waals surface area contributed by atoms with Crippen LogP contribution in [0.15, 0.2) is 29.2 Å². The molecule has 1 aromatic rings. The average Bonchev–Trinajstić information content (AvgIpc) is 2.29. The highest BCUT2D eigenvalue weighted by molar-refractivity contribution is 8.01. The number of carbonyl (C=O) groups is 1. The van der Waals surface area contributed by atoms with E-state index in [4.69, 9.17) is 5.11 Å². The maximum absolute atomic E-state index is 13.8. The van der Waals surface area contributed by atoms with E-state index >= 15 is 0 Å². The van der Waals surface area contributed by atoms with Crippen molar-refractivity contribution in [3.8, 4) is 5.75 Å². The molecule has 1 rings (SSSR count). The number of halogens is 4. The lowest BCUT2D eigenvalue weighted by molar-refractivity contribution is -0.209. The fourth-order valence-corrected chi connectivity index (χ4v) is 1.90. The van der Waals surface area contributed by atoms with E-state index in [2.05, 4.69) is 4.74 Å². The molecule has 0 heterocycles. The number of benzene rings is 1. The number of methoxy groups -OCH3 is 1. The molecule has 0 saturated heterocycles. The van der Waals surface area contributed by atoms with E-state index in [0.717, 1.165) is 24.3 Å². The van der Waals surface area contributed by atoms with E-state index in [1.165, 1.54) is 0 Å². The molecular formula is C10H8F4O3S. The van der Waals surface area contributed by atoms with E-state index in [9.17, 15) is 22.4 Å². The molecule has 100 valence electrons. The third-order valence-corrected chi connectivity index (χ3v) is 3.10. The summed E-state index contributed by atoms with van der Waals surface area (Å²) in [5.41, 5.74) is 0. The first kappa shape index (κ1) is 14.6. The molecule has 0 fully saturated rings. The van der Waals surface area contributed by atoms with Crippen LogP contribution >= 0.6 is 11.8 Å². The summed E-state index contributed by atoms with van der Waals surface area (Å²) in [6, 6.07) is 4.28. The summed E-state index contributed by atoms with van der Waals surface area (Å²) >= 11 is -0.338. The number of esters is 1. The zero-order valence-corrected chi connectivity index (χ0v) is 9.81. The molecule has 1 atom stereocenters. The number of ether oxygens (including phenoxy) is 1. The molecule has 18 heavy (non-hydrogen) atoms. The van der Waals surface area contributed by atoms with Gasteiger partial charge in [-0.25, -0.2) is 9.18 Å². The Morgan fingerprint density at radius 2 is 1.72 bits per heavy atom. The van der Waals surface area contributed by atoms with E-state index in [-0.39, 0.29) is 22.4 Å². The highest BCUT2D eigenvalue weighted by Gasteiger charge is 2.64. The van der Waals surface area contributed by atoms with Crippen molar-refractivity contribution in [3.63, 3.8) is 0 Å². The molecular weight excluding hydrogens is 276 g/mol. The molecule has 1 N–H and O–H groups in total. The van der Waals surface area contributed by atoms with Crippen LogP contribution in [0.25, 0.3) is 0 Å². The summed E-state index contributed by atoms with van der Waals surface area (Å²) in [5, 5.41) is 4.77. The highest BCUT2D eigenvalue weighted by Crippen LogP contribution is 2.47. The van der Waals surface area contributed by atoms with Crippen LogP contribution < -0.4 is 0 Å². The maximum atomic E-state index is 13.8. The van der Waals surface area contributed by atoms with Gasteiger partial charge in [0.25, 0.3) is 0 Å². The van der Waals surface area contributed by atoms with Crippen molar-refractivity contribution >= 4 is 17.7 Å². The number of carbonyl (C=O) groups excluding carboxylic acids is 1. The van der Waals surface area contributed by atoms with Gasteiger partial charge in [0, 0.05) is 4.90 Å². The van der Waals surface area contributed by atoms with Crippen molar-refractivity contribution in [1.82, 2.24) is 0 Å². The Balaban J connectivity index is 3.07. The van der Waals surface area contributed by atoms with Gasteiger partial charge in [0.1, 0.15) is 5.75 Å². The Bertz CT molecular complexity index is 432. The lowest BCUT2D eigenvalue weighted by atomic mass is 10.3. The highest BCUT2D eigenvalue weighted by atomic mass is 32.2. The zero-order chi connectivity index (χ0) is 14.0. The molecule has 0 radical (unpaired) electrons. The monoisotopic (exact) mass is 284 g/mol. The van der Waals surface area contributed by atoms with Crippen molar-refractivity contribution < 1.29 is 32.2 Å². The van der Waals surface area contributed by atoms with Crippen LogP contribution in [0.2, 0.25) is 0 Å². The number of thioether (sulfide) groups is 1. The Morgan fingerprint density at radius 1 is 1.22 bits per heavy atom. The summed E-state index contributed by atoms with van der Waals surface area (Å²) in [5.74, 6) is -2.22. The van der Waals surface area contributed by atoms with E-state index in [1.54, 1.807) is 0 Å².